The quantitative estimate of drug-likeness (QED) is 0.896. The SMILES string of the molecule is Cc1cccc(CO)c1OCc1nc(C(C)C)no1. The van der Waals surface area contributed by atoms with Crippen molar-refractivity contribution in [3.8, 4) is 5.75 Å². The van der Waals surface area contributed by atoms with Crippen LogP contribution in [-0.4, -0.2) is 15.2 Å². The minimum absolute atomic E-state index is 0.0574. The molecule has 1 heterocycles. The second kappa shape index (κ2) is 5.84. The Morgan fingerprint density at radius 1 is 1.37 bits per heavy atom. The Hall–Kier alpha value is -1.88. The molecule has 102 valence electrons. The highest BCUT2D eigenvalue weighted by Gasteiger charge is 2.12. The molecule has 2 aromatic rings. The van der Waals surface area contributed by atoms with E-state index in [0.29, 0.717) is 17.5 Å². The van der Waals surface area contributed by atoms with Gasteiger partial charge in [0.2, 0.25) is 0 Å². The van der Waals surface area contributed by atoms with Gasteiger partial charge >= 0.3 is 0 Å². The molecule has 5 nitrogen and oxygen atoms in total. The summed E-state index contributed by atoms with van der Waals surface area (Å²) in [5.74, 6) is 2.01. The number of hydrogen-bond donors (Lipinski definition) is 1. The van der Waals surface area contributed by atoms with Gasteiger partial charge in [0.25, 0.3) is 5.89 Å². The smallest absolute Gasteiger partial charge is 0.264 e. The Balaban J connectivity index is 2.09. The molecule has 0 saturated carbocycles. The fraction of sp³-hybridized carbons (Fsp3) is 0.429. The molecule has 0 aliphatic carbocycles. The molecular formula is C14H18N2O3. The molecule has 0 saturated heterocycles. The van der Waals surface area contributed by atoms with Gasteiger partial charge < -0.3 is 14.4 Å². The Morgan fingerprint density at radius 3 is 2.79 bits per heavy atom. The summed E-state index contributed by atoms with van der Waals surface area (Å²) in [7, 11) is 0. The molecule has 0 fully saturated rings. The lowest BCUT2D eigenvalue weighted by Crippen LogP contribution is -2.01. The van der Waals surface area contributed by atoms with Crippen molar-refractivity contribution in [2.75, 3.05) is 0 Å². The zero-order valence-electron chi connectivity index (χ0n) is 11.4. The van der Waals surface area contributed by atoms with Gasteiger partial charge in [-0.05, 0) is 12.5 Å². The number of aryl methyl sites for hydroxylation is 1. The van der Waals surface area contributed by atoms with Crippen LogP contribution in [0.2, 0.25) is 0 Å². The van der Waals surface area contributed by atoms with Crippen molar-refractivity contribution >= 4 is 0 Å². The minimum Gasteiger partial charge on any atom is -0.483 e. The normalized spacial score (nSPS) is 11.0. The molecule has 0 atom stereocenters. The predicted molar refractivity (Wildman–Crippen MR) is 69.8 cm³/mol. The van der Waals surface area contributed by atoms with Gasteiger partial charge in [0, 0.05) is 11.5 Å². The first-order valence-corrected chi connectivity index (χ1v) is 6.26. The van der Waals surface area contributed by atoms with Crippen LogP contribution in [0, 0.1) is 6.92 Å². The van der Waals surface area contributed by atoms with E-state index < -0.39 is 0 Å². The van der Waals surface area contributed by atoms with E-state index in [1.165, 1.54) is 0 Å². The van der Waals surface area contributed by atoms with E-state index in [2.05, 4.69) is 10.1 Å². The highest BCUT2D eigenvalue weighted by Crippen LogP contribution is 2.24. The first-order valence-electron chi connectivity index (χ1n) is 6.26. The molecule has 0 amide bonds. The van der Waals surface area contributed by atoms with Crippen molar-refractivity contribution in [1.82, 2.24) is 10.1 Å². The number of benzene rings is 1. The summed E-state index contributed by atoms with van der Waals surface area (Å²) >= 11 is 0. The Bertz CT molecular complexity index is 549. The van der Waals surface area contributed by atoms with Crippen LogP contribution in [0.3, 0.4) is 0 Å². The van der Waals surface area contributed by atoms with Crippen LogP contribution in [0.1, 0.15) is 42.6 Å². The van der Waals surface area contributed by atoms with Gasteiger partial charge in [0.1, 0.15) is 5.75 Å². The Labute approximate surface area is 112 Å². The lowest BCUT2D eigenvalue weighted by atomic mass is 10.1. The molecule has 0 radical (unpaired) electrons. The third kappa shape index (κ3) is 3.12. The zero-order valence-corrected chi connectivity index (χ0v) is 11.4. The van der Waals surface area contributed by atoms with Gasteiger partial charge in [0.15, 0.2) is 12.4 Å². The Morgan fingerprint density at radius 2 is 2.16 bits per heavy atom. The van der Waals surface area contributed by atoms with Crippen molar-refractivity contribution in [1.29, 1.82) is 0 Å². The number of aliphatic hydroxyl groups is 1. The molecule has 19 heavy (non-hydrogen) atoms. The van der Waals surface area contributed by atoms with Crippen molar-refractivity contribution in [2.24, 2.45) is 0 Å². The van der Waals surface area contributed by atoms with Gasteiger partial charge in [-0.2, -0.15) is 4.98 Å². The molecule has 1 N–H and O–H groups in total. The van der Waals surface area contributed by atoms with E-state index in [-0.39, 0.29) is 19.1 Å². The molecule has 2 rings (SSSR count). The summed E-state index contributed by atoms with van der Waals surface area (Å²) in [6, 6.07) is 5.65. The van der Waals surface area contributed by atoms with Crippen LogP contribution < -0.4 is 4.74 Å². The van der Waals surface area contributed by atoms with E-state index in [0.717, 1.165) is 11.1 Å². The van der Waals surface area contributed by atoms with Crippen LogP contribution in [0.15, 0.2) is 22.7 Å². The van der Waals surface area contributed by atoms with Gasteiger partial charge in [0.05, 0.1) is 6.61 Å². The summed E-state index contributed by atoms with van der Waals surface area (Å²) < 4.78 is 10.8. The molecule has 5 heteroatoms. The first-order chi connectivity index (χ1) is 9.11. The van der Waals surface area contributed by atoms with Gasteiger partial charge in [-0.3, -0.25) is 0 Å². The molecule has 0 bridgehead atoms. The average Bonchev–Trinajstić information content (AvgIpc) is 2.86. The first kappa shape index (κ1) is 13.5. The standard InChI is InChI=1S/C14H18N2O3/c1-9(2)14-15-12(19-16-14)8-18-13-10(3)5-4-6-11(13)7-17/h4-6,9,17H,7-8H2,1-3H3. The maximum atomic E-state index is 9.29. The lowest BCUT2D eigenvalue weighted by molar-refractivity contribution is 0.227. The highest BCUT2D eigenvalue weighted by molar-refractivity contribution is 5.40. The number of ether oxygens (including phenoxy) is 1. The second-order valence-electron chi connectivity index (χ2n) is 4.71. The summed E-state index contributed by atoms with van der Waals surface area (Å²) in [5.41, 5.74) is 1.72. The topological polar surface area (TPSA) is 68.4 Å². The van der Waals surface area contributed by atoms with Crippen molar-refractivity contribution in [3.63, 3.8) is 0 Å². The fourth-order valence-corrected chi connectivity index (χ4v) is 1.74. The number of aromatic nitrogens is 2. The monoisotopic (exact) mass is 262 g/mol. The average molecular weight is 262 g/mol. The van der Waals surface area contributed by atoms with E-state index in [9.17, 15) is 5.11 Å². The highest BCUT2D eigenvalue weighted by atomic mass is 16.5. The van der Waals surface area contributed by atoms with Crippen LogP contribution in [0.25, 0.3) is 0 Å². The van der Waals surface area contributed by atoms with Gasteiger partial charge in [-0.15, -0.1) is 0 Å². The molecule has 0 spiro atoms. The van der Waals surface area contributed by atoms with Gasteiger partial charge in [-0.1, -0.05) is 37.2 Å². The molecule has 1 aromatic carbocycles. The maximum Gasteiger partial charge on any atom is 0.264 e. The summed E-state index contributed by atoms with van der Waals surface area (Å²) in [5, 5.41) is 13.2. The van der Waals surface area contributed by atoms with E-state index in [4.69, 9.17) is 9.26 Å². The van der Waals surface area contributed by atoms with E-state index >= 15 is 0 Å². The fourth-order valence-electron chi connectivity index (χ4n) is 1.74. The molecule has 0 unspecified atom stereocenters. The van der Waals surface area contributed by atoms with Crippen LogP contribution in [-0.2, 0) is 13.2 Å². The third-order valence-corrected chi connectivity index (χ3v) is 2.80. The number of para-hydroxylation sites is 1. The van der Waals surface area contributed by atoms with Crippen LogP contribution in [0.5, 0.6) is 5.75 Å². The van der Waals surface area contributed by atoms with Crippen molar-refractivity contribution < 1.29 is 14.4 Å². The van der Waals surface area contributed by atoms with E-state index in [1.807, 2.05) is 39.0 Å². The summed E-state index contributed by atoms with van der Waals surface area (Å²) in [6.45, 7) is 6.08. The van der Waals surface area contributed by atoms with Crippen LogP contribution in [0.4, 0.5) is 0 Å². The largest absolute Gasteiger partial charge is 0.483 e. The second-order valence-corrected chi connectivity index (χ2v) is 4.71. The molecule has 0 aliphatic heterocycles. The number of rotatable bonds is 5. The third-order valence-electron chi connectivity index (χ3n) is 2.80. The molecule has 0 aliphatic rings. The minimum atomic E-state index is -0.0574. The van der Waals surface area contributed by atoms with Crippen molar-refractivity contribution in [3.05, 3.63) is 41.0 Å². The maximum absolute atomic E-state index is 9.29. The summed E-state index contributed by atoms with van der Waals surface area (Å²) in [6.07, 6.45) is 0. The summed E-state index contributed by atoms with van der Waals surface area (Å²) in [4.78, 5) is 4.24. The lowest BCUT2D eigenvalue weighted by Gasteiger charge is -2.10. The number of nitrogens with zero attached hydrogens (tertiary/aromatic N) is 2. The van der Waals surface area contributed by atoms with E-state index in [1.54, 1.807) is 0 Å². The zero-order chi connectivity index (χ0) is 13.8. The van der Waals surface area contributed by atoms with Crippen LogP contribution >= 0.6 is 0 Å². The Kier molecular flexibility index (Phi) is 4.16. The predicted octanol–water partition coefficient (Wildman–Crippen LogP) is 2.57. The van der Waals surface area contributed by atoms with Gasteiger partial charge in [-0.25, -0.2) is 0 Å². The number of aliphatic hydroxyl groups excluding tert-OH is 1. The van der Waals surface area contributed by atoms with Crippen molar-refractivity contribution in [2.45, 2.75) is 39.9 Å². The molecule has 1 aromatic heterocycles. The molecular weight excluding hydrogens is 244 g/mol. The number of hydrogen-bond acceptors (Lipinski definition) is 5.